The Hall–Kier alpha value is -3.06. The van der Waals surface area contributed by atoms with Crippen LogP contribution >= 0.6 is 0 Å². The van der Waals surface area contributed by atoms with Gasteiger partial charge in [-0.1, -0.05) is 36.4 Å². The first-order valence-electron chi connectivity index (χ1n) is 12.0. The number of piperidine rings is 1. The van der Waals surface area contributed by atoms with Crippen molar-refractivity contribution in [2.24, 2.45) is 5.92 Å². The van der Waals surface area contributed by atoms with E-state index in [0.717, 1.165) is 18.4 Å². The van der Waals surface area contributed by atoms with E-state index in [0.29, 0.717) is 57.1 Å². The molecule has 34 heavy (non-hydrogen) atoms. The predicted octanol–water partition coefficient (Wildman–Crippen LogP) is 3.30. The second-order valence-electron chi connectivity index (χ2n) is 9.00. The quantitative estimate of drug-likeness (QED) is 0.567. The molecule has 182 valence electrons. The Balaban J connectivity index is 1.22. The van der Waals surface area contributed by atoms with Crippen LogP contribution in [0.5, 0.6) is 11.5 Å². The minimum atomic E-state index is -0.250. The molecule has 0 aliphatic carbocycles. The zero-order valence-electron chi connectivity index (χ0n) is 20.1. The van der Waals surface area contributed by atoms with Gasteiger partial charge in [-0.2, -0.15) is 0 Å². The molecule has 0 spiro atoms. The van der Waals surface area contributed by atoms with Crippen molar-refractivity contribution in [3.05, 3.63) is 59.7 Å². The Morgan fingerprint density at radius 2 is 1.71 bits per heavy atom. The van der Waals surface area contributed by atoms with Crippen LogP contribution in [-0.2, 0) is 27.4 Å². The Kier molecular flexibility index (Phi) is 8.06. The summed E-state index contributed by atoms with van der Waals surface area (Å²) in [7, 11) is 3.22. The molecule has 2 aliphatic heterocycles. The Morgan fingerprint density at radius 1 is 0.971 bits per heavy atom. The highest BCUT2D eigenvalue weighted by atomic mass is 16.5. The third-order valence-corrected chi connectivity index (χ3v) is 6.76. The highest BCUT2D eigenvalue weighted by molar-refractivity contribution is 5.89. The lowest BCUT2D eigenvalue weighted by atomic mass is 10.0. The summed E-state index contributed by atoms with van der Waals surface area (Å²) >= 11 is 0. The molecule has 0 radical (unpaired) electrons. The number of benzene rings is 2. The number of ether oxygens (including phenoxy) is 3. The number of hydrogen-bond acceptors (Lipinski definition) is 5. The van der Waals surface area contributed by atoms with E-state index in [1.165, 1.54) is 5.56 Å². The van der Waals surface area contributed by atoms with Crippen molar-refractivity contribution in [2.75, 3.05) is 40.4 Å². The molecule has 2 fully saturated rings. The van der Waals surface area contributed by atoms with E-state index in [1.54, 1.807) is 14.2 Å². The lowest BCUT2D eigenvalue weighted by Crippen LogP contribution is -2.44. The molecule has 4 rings (SSSR count). The molecule has 2 amide bonds. The molecule has 0 saturated carbocycles. The first kappa shape index (κ1) is 24.1. The number of rotatable bonds is 9. The zero-order valence-corrected chi connectivity index (χ0v) is 20.1. The lowest BCUT2D eigenvalue weighted by Gasteiger charge is -2.33. The SMILES string of the molecule is COc1ccc(CCN2CC(C(=O)N3CCC(OCc4ccccc4)CC3)CC2=O)cc1OC. The van der Waals surface area contributed by atoms with E-state index in [-0.39, 0.29) is 23.8 Å². The summed E-state index contributed by atoms with van der Waals surface area (Å²) in [6.45, 7) is 3.07. The summed E-state index contributed by atoms with van der Waals surface area (Å²) in [5.74, 6) is 1.27. The first-order chi connectivity index (χ1) is 16.6. The second kappa shape index (κ2) is 11.4. The van der Waals surface area contributed by atoms with Crippen molar-refractivity contribution >= 4 is 11.8 Å². The van der Waals surface area contributed by atoms with Crippen molar-refractivity contribution in [3.8, 4) is 11.5 Å². The summed E-state index contributed by atoms with van der Waals surface area (Å²) in [6.07, 6.45) is 2.85. The lowest BCUT2D eigenvalue weighted by molar-refractivity contribution is -0.138. The summed E-state index contributed by atoms with van der Waals surface area (Å²) in [6, 6.07) is 15.9. The van der Waals surface area contributed by atoms with Gasteiger partial charge in [-0.3, -0.25) is 9.59 Å². The summed E-state index contributed by atoms with van der Waals surface area (Å²) in [5, 5.41) is 0. The average molecular weight is 467 g/mol. The summed E-state index contributed by atoms with van der Waals surface area (Å²) in [5.41, 5.74) is 2.23. The second-order valence-corrected chi connectivity index (χ2v) is 9.00. The smallest absolute Gasteiger partial charge is 0.227 e. The van der Waals surface area contributed by atoms with Gasteiger partial charge in [0.15, 0.2) is 11.5 Å². The van der Waals surface area contributed by atoms with Crippen molar-refractivity contribution in [1.29, 1.82) is 0 Å². The largest absolute Gasteiger partial charge is 0.493 e. The molecular weight excluding hydrogens is 432 g/mol. The average Bonchev–Trinajstić information content (AvgIpc) is 3.26. The van der Waals surface area contributed by atoms with E-state index in [2.05, 4.69) is 12.1 Å². The standard InChI is InChI=1S/C27H34N2O5/c1-32-24-9-8-20(16-25(24)33-2)10-13-29-18-22(17-26(29)30)27(31)28-14-11-23(12-15-28)34-19-21-6-4-3-5-7-21/h3-9,16,22-23H,10-15,17-19H2,1-2H3. The van der Waals surface area contributed by atoms with Gasteiger partial charge in [-0.05, 0) is 42.5 Å². The van der Waals surface area contributed by atoms with E-state index in [9.17, 15) is 9.59 Å². The van der Waals surface area contributed by atoms with E-state index in [1.807, 2.05) is 46.2 Å². The number of carbonyl (C=O) groups excluding carboxylic acids is 2. The fraction of sp³-hybridized carbons (Fsp3) is 0.481. The number of nitrogens with zero attached hydrogens (tertiary/aromatic N) is 2. The van der Waals surface area contributed by atoms with Crippen LogP contribution in [0.1, 0.15) is 30.4 Å². The van der Waals surface area contributed by atoms with Crippen molar-refractivity contribution in [3.63, 3.8) is 0 Å². The number of amides is 2. The molecule has 2 aromatic rings. The molecule has 1 atom stereocenters. The molecule has 0 bridgehead atoms. The highest BCUT2D eigenvalue weighted by Crippen LogP contribution is 2.28. The van der Waals surface area contributed by atoms with Gasteiger partial charge in [0.05, 0.1) is 32.8 Å². The van der Waals surface area contributed by atoms with E-state index >= 15 is 0 Å². The van der Waals surface area contributed by atoms with Gasteiger partial charge < -0.3 is 24.0 Å². The van der Waals surface area contributed by atoms with E-state index in [4.69, 9.17) is 14.2 Å². The minimum absolute atomic E-state index is 0.0555. The van der Waals surface area contributed by atoms with Gasteiger partial charge in [-0.25, -0.2) is 0 Å². The van der Waals surface area contributed by atoms with Crippen molar-refractivity contribution in [1.82, 2.24) is 9.80 Å². The van der Waals surface area contributed by atoms with Crippen LogP contribution in [0, 0.1) is 5.92 Å². The third-order valence-electron chi connectivity index (χ3n) is 6.76. The van der Waals surface area contributed by atoms with Crippen LogP contribution in [0.3, 0.4) is 0 Å². The Morgan fingerprint density at radius 3 is 2.41 bits per heavy atom. The van der Waals surface area contributed by atoms with Gasteiger partial charge in [0.25, 0.3) is 0 Å². The summed E-state index contributed by atoms with van der Waals surface area (Å²) in [4.78, 5) is 29.4. The molecule has 0 aromatic heterocycles. The van der Waals surface area contributed by atoms with Crippen LogP contribution in [-0.4, -0.2) is 68.1 Å². The van der Waals surface area contributed by atoms with Crippen LogP contribution < -0.4 is 9.47 Å². The molecule has 0 N–H and O–H groups in total. The highest BCUT2D eigenvalue weighted by Gasteiger charge is 2.37. The van der Waals surface area contributed by atoms with Crippen molar-refractivity contribution in [2.45, 2.75) is 38.4 Å². The maximum Gasteiger partial charge on any atom is 0.227 e. The molecular formula is C27H34N2O5. The molecule has 2 aromatic carbocycles. The molecule has 1 unspecified atom stereocenters. The maximum atomic E-state index is 13.1. The van der Waals surface area contributed by atoms with Gasteiger partial charge in [0.1, 0.15) is 0 Å². The van der Waals surface area contributed by atoms with Gasteiger partial charge in [-0.15, -0.1) is 0 Å². The number of likely N-dealkylation sites (tertiary alicyclic amines) is 2. The number of hydrogen-bond donors (Lipinski definition) is 0. The molecule has 2 aliphatic rings. The maximum absolute atomic E-state index is 13.1. The monoisotopic (exact) mass is 466 g/mol. The summed E-state index contributed by atoms with van der Waals surface area (Å²) < 4.78 is 16.7. The van der Waals surface area contributed by atoms with Crippen LogP contribution in [0.25, 0.3) is 0 Å². The molecule has 7 nitrogen and oxygen atoms in total. The minimum Gasteiger partial charge on any atom is -0.493 e. The number of methoxy groups -OCH3 is 2. The number of carbonyl (C=O) groups is 2. The van der Waals surface area contributed by atoms with E-state index < -0.39 is 0 Å². The van der Waals surface area contributed by atoms with Gasteiger partial charge in [0, 0.05) is 32.6 Å². The first-order valence-corrected chi connectivity index (χ1v) is 12.0. The normalized spacial score (nSPS) is 18.9. The third kappa shape index (κ3) is 5.89. The van der Waals surface area contributed by atoms with Gasteiger partial charge >= 0.3 is 0 Å². The Labute approximate surface area is 201 Å². The predicted molar refractivity (Wildman–Crippen MR) is 129 cm³/mol. The Bertz CT molecular complexity index is 972. The molecule has 2 saturated heterocycles. The molecule has 2 heterocycles. The van der Waals surface area contributed by atoms with Gasteiger partial charge in [0.2, 0.25) is 11.8 Å². The van der Waals surface area contributed by atoms with Crippen LogP contribution in [0.2, 0.25) is 0 Å². The molecule has 7 heteroatoms. The van der Waals surface area contributed by atoms with Crippen LogP contribution in [0.15, 0.2) is 48.5 Å². The van der Waals surface area contributed by atoms with Crippen molar-refractivity contribution < 1.29 is 23.8 Å². The fourth-order valence-electron chi connectivity index (χ4n) is 4.74. The zero-order chi connectivity index (χ0) is 23.9. The van der Waals surface area contributed by atoms with Crippen LogP contribution in [0.4, 0.5) is 0 Å². The fourth-order valence-corrected chi connectivity index (χ4v) is 4.74. The topological polar surface area (TPSA) is 68.3 Å².